The number of methoxy groups -OCH3 is 1. The highest BCUT2D eigenvalue weighted by atomic mass is 16.7. The predicted octanol–water partition coefficient (Wildman–Crippen LogP) is 4.89. The van der Waals surface area contributed by atoms with Crippen LogP contribution in [0, 0.1) is 5.92 Å². The molecule has 7 heteroatoms. The molecular formula is C30H42O7. The Labute approximate surface area is 221 Å². The highest BCUT2D eigenvalue weighted by Gasteiger charge is 2.46. The third-order valence-electron chi connectivity index (χ3n) is 7.53. The molecule has 0 aliphatic carbocycles. The van der Waals surface area contributed by atoms with E-state index in [1.54, 1.807) is 7.11 Å². The van der Waals surface area contributed by atoms with Gasteiger partial charge in [0.1, 0.15) is 5.75 Å². The Balaban J connectivity index is 1.32. The standard InChI is InChI=1S/C30H42O7/c1-4-30(5-2)35-20-25(37-30)17-28-29(31)26(21-34-19-23-11-13-24(32-3)14-12-23)27(36-28)15-16-33-18-22-9-7-6-8-10-22/h6-14,25-29,31H,4-5,15-21H2,1-3H3/t25?,26-,27-,28+,29+/m0/s1. The predicted molar refractivity (Wildman–Crippen MR) is 140 cm³/mol. The fraction of sp³-hybridized carbons (Fsp3) is 0.600. The molecule has 37 heavy (non-hydrogen) atoms. The van der Waals surface area contributed by atoms with E-state index in [1.807, 2.05) is 42.5 Å². The Morgan fingerprint density at radius 2 is 1.62 bits per heavy atom. The molecule has 2 aromatic rings. The molecule has 204 valence electrons. The molecule has 5 atom stereocenters. The molecule has 1 N–H and O–H groups in total. The van der Waals surface area contributed by atoms with Crippen LogP contribution in [0.2, 0.25) is 0 Å². The van der Waals surface area contributed by atoms with Crippen molar-refractivity contribution in [3.05, 3.63) is 65.7 Å². The van der Waals surface area contributed by atoms with E-state index in [0.717, 1.165) is 29.7 Å². The summed E-state index contributed by atoms with van der Waals surface area (Å²) in [5.41, 5.74) is 2.20. The zero-order chi connectivity index (χ0) is 26.1. The number of aliphatic hydroxyl groups is 1. The van der Waals surface area contributed by atoms with Crippen LogP contribution in [-0.4, -0.2) is 62.2 Å². The quantitative estimate of drug-likeness (QED) is 0.360. The summed E-state index contributed by atoms with van der Waals surface area (Å²) in [5.74, 6) is 0.155. The van der Waals surface area contributed by atoms with Gasteiger partial charge in [0.25, 0.3) is 0 Å². The molecule has 0 bridgehead atoms. The minimum absolute atomic E-state index is 0.0894. The van der Waals surface area contributed by atoms with Gasteiger partial charge in [0.05, 0.1) is 58.0 Å². The highest BCUT2D eigenvalue weighted by molar-refractivity contribution is 5.26. The Hall–Kier alpha value is -2.00. The lowest BCUT2D eigenvalue weighted by Gasteiger charge is -2.26. The van der Waals surface area contributed by atoms with Crippen LogP contribution in [0.1, 0.15) is 50.7 Å². The van der Waals surface area contributed by atoms with Crippen molar-refractivity contribution in [1.82, 2.24) is 0 Å². The number of hydrogen-bond donors (Lipinski definition) is 1. The molecule has 2 saturated heterocycles. The molecule has 2 aromatic carbocycles. The Kier molecular flexibility index (Phi) is 10.4. The molecule has 0 saturated carbocycles. The summed E-state index contributed by atoms with van der Waals surface area (Å²) in [7, 11) is 1.65. The molecule has 2 fully saturated rings. The second-order valence-electron chi connectivity index (χ2n) is 9.96. The maximum absolute atomic E-state index is 11.3. The smallest absolute Gasteiger partial charge is 0.168 e. The lowest BCUT2D eigenvalue weighted by molar-refractivity contribution is -0.175. The minimum Gasteiger partial charge on any atom is -0.497 e. The van der Waals surface area contributed by atoms with Gasteiger partial charge in [0, 0.05) is 18.9 Å². The third kappa shape index (κ3) is 7.53. The first-order valence-electron chi connectivity index (χ1n) is 13.5. The topological polar surface area (TPSA) is 75.6 Å². The van der Waals surface area contributed by atoms with Crippen molar-refractivity contribution in [3.8, 4) is 5.75 Å². The summed E-state index contributed by atoms with van der Waals surface area (Å²) in [5, 5.41) is 11.3. The van der Waals surface area contributed by atoms with Crippen molar-refractivity contribution in [3.63, 3.8) is 0 Å². The zero-order valence-corrected chi connectivity index (χ0v) is 22.3. The number of benzene rings is 2. The number of ether oxygens (including phenoxy) is 6. The molecule has 1 unspecified atom stereocenters. The van der Waals surface area contributed by atoms with Crippen LogP contribution >= 0.6 is 0 Å². The number of rotatable bonds is 14. The largest absolute Gasteiger partial charge is 0.497 e. The van der Waals surface area contributed by atoms with Crippen LogP contribution in [0.15, 0.2) is 54.6 Å². The Morgan fingerprint density at radius 1 is 0.919 bits per heavy atom. The summed E-state index contributed by atoms with van der Waals surface area (Å²) >= 11 is 0. The van der Waals surface area contributed by atoms with Gasteiger partial charge in [-0.1, -0.05) is 56.3 Å². The molecule has 4 rings (SSSR count). The van der Waals surface area contributed by atoms with Crippen LogP contribution in [0.3, 0.4) is 0 Å². The highest BCUT2D eigenvalue weighted by Crippen LogP contribution is 2.37. The van der Waals surface area contributed by atoms with Crippen molar-refractivity contribution >= 4 is 0 Å². The molecule has 2 aliphatic heterocycles. The molecule has 0 aromatic heterocycles. The van der Waals surface area contributed by atoms with Crippen LogP contribution in [0.5, 0.6) is 5.75 Å². The van der Waals surface area contributed by atoms with E-state index < -0.39 is 11.9 Å². The van der Waals surface area contributed by atoms with E-state index in [9.17, 15) is 5.11 Å². The lowest BCUT2D eigenvalue weighted by atomic mass is 9.93. The normalized spacial score (nSPS) is 27.0. The summed E-state index contributed by atoms with van der Waals surface area (Å²) in [6.07, 6.45) is 1.67. The molecule has 7 nitrogen and oxygen atoms in total. The summed E-state index contributed by atoms with van der Waals surface area (Å²) in [6.45, 7) is 6.65. The molecular weight excluding hydrogens is 472 g/mol. The van der Waals surface area contributed by atoms with E-state index in [4.69, 9.17) is 28.4 Å². The Morgan fingerprint density at radius 3 is 2.30 bits per heavy atom. The Bertz CT molecular complexity index is 915. The maximum Gasteiger partial charge on any atom is 0.168 e. The molecule has 2 aliphatic rings. The van der Waals surface area contributed by atoms with Crippen molar-refractivity contribution in [2.45, 2.75) is 82.9 Å². The SMILES string of the molecule is CCC1(CC)OCC(C[C@H]2O[C@@H](CCOCc3ccccc3)[C@H](COCc3ccc(OC)cc3)[C@H]2O)O1. The van der Waals surface area contributed by atoms with E-state index >= 15 is 0 Å². The second-order valence-corrected chi connectivity index (χ2v) is 9.96. The van der Waals surface area contributed by atoms with E-state index in [-0.39, 0.29) is 24.2 Å². The summed E-state index contributed by atoms with van der Waals surface area (Å²) in [4.78, 5) is 0. The number of hydrogen-bond acceptors (Lipinski definition) is 7. The summed E-state index contributed by atoms with van der Waals surface area (Å²) in [6, 6.07) is 17.9. The van der Waals surface area contributed by atoms with Crippen LogP contribution in [0.4, 0.5) is 0 Å². The van der Waals surface area contributed by atoms with Gasteiger partial charge in [-0.3, -0.25) is 0 Å². The van der Waals surface area contributed by atoms with Gasteiger partial charge in [0.15, 0.2) is 5.79 Å². The first-order valence-corrected chi connectivity index (χ1v) is 13.5. The van der Waals surface area contributed by atoms with Gasteiger partial charge in [-0.15, -0.1) is 0 Å². The van der Waals surface area contributed by atoms with E-state index in [0.29, 0.717) is 45.9 Å². The van der Waals surface area contributed by atoms with Crippen LogP contribution in [-0.2, 0) is 36.9 Å². The first-order chi connectivity index (χ1) is 18.1. The summed E-state index contributed by atoms with van der Waals surface area (Å²) < 4.78 is 35.9. The van der Waals surface area contributed by atoms with Gasteiger partial charge in [-0.25, -0.2) is 0 Å². The lowest BCUT2D eigenvalue weighted by Crippen LogP contribution is -2.34. The van der Waals surface area contributed by atoms with Crippen molar-refractivity contribution in [1.29, 1.82) is 0 Å². The van der Waals surface area contributed by atoms with Crippen molar-refractivity contribution in [2.24, 2.45) is 5.92 Å². The molecule has 0 spiro atoms. The van der Waals surface area contributed by atoms with Gasteiger partial charge in [0.2, 0.25) is 0 Å². The third-order valence-corrected chi connectivity index (χ3v) is 7.53. The van der Waals surface area contributed by atoms with Crippen LogP contribution < -0.4 is 4.74 Å². The van der Waals surface area contributed by atoms with Crippen LogP contribution in [0.25, 0.3) is 0 Å². The minimum atomic E-state index is -0.642. The van der Waals surface area contributed by atoms with E-state index in [2.05, 4.69) is 26.0 Å². The fourth-order valence-electron chi connectivity index (χ4n) is 5.20. The molecule has 0 amide bonds. The average molecular weight is 515 g/mol. The maximum atomic E-state index is 11.3. The van der Waals surface area contributed by atoms with Gasteiger partial charge in [-0.2, -0.15) is 0 Å². The van der Waals surface area contributed by atoms with Gasteiger partial charge < -0.3 is 33.5 Å². The number of aliphatic hydroxyl groups excluding tert-OH is 1. The molecule has 2 heterocycles. The fourth-order valence-corrected chi connectivity index (χ4v) is 5.20. The first kappa shape index (κ1) is 28.0. The molecule has 0 radical (unpaired) electrons. The van der Waals surface area contributed by atoms with E-state index in [1.165, 1.54) is 0 Å². The van der Waals surface area contributed by atoms with Crippen molar-refractivity contribution < 1.29 is 33.5 Å². The van der Waals surface area contributed by atoms with Gasteiger partial charge in [-0.05, 0) is 42.5 Å². The second kappa shape index (κ2) is 13.7. The zero-order valence-electron chi connectivity index (χ0n) is 22.3. The monoisotopic (exact) mass is 514 g/mol. The van der Waals surface area contributed by atoms with Crippen molar-refractivity contribution in [2.75, 3.05) is 26.9 Å². The average Bonchev–Trinajstić information content (AvgIpc) is 3.49. The van der Waals surface area contributed by atoms with Gasteiger partial charge >= 0.3 is 0 Å².